The summed E-state index contributed by atoms with van der Waals surface area (Å²) in [4.78, 5) is 11.8. The van der Waals surface area contributed by atoms with Crippen molar-refractivity contribution in [2.24, 2.45) is 0 Å². The van der Waals surface area contributed by atoms with Gasteiger partial charge in [0.1, 0.15) is 0 Å². The summed E-state index contributed by atoms with van der Waals surface area (Å²) in [5, 5.41) is 0. The lowest BCUT2D eigenvalue weighted by Gasteiger charge is -2.28. The van der Waals surface area contributed by atoms with Crippen molar-refractivity contribution < 1.29 is 9.18 Å². The van der Waals surface area contributed by atoms with Crippen LogP contribution in [0.2, 0.25) is 0 Å². The number of hydrogen-bond donors (Lipinski definition) is 0. The molecule has 1 nitrogen and oxygen atoms in total. The molecule has 0 aliphatic heterocycles. The zero-order chi connectivity index (χ0) is 10.2. The van der Waals surface area contributed by atoms with E-state index in [1.165, 1.54) is 0 Å². The molecule has 0 saturated heterocycles. The summed E-state index contributed by atoms with van der Waals surface area (Å²) in [6.07, 6.45) is 1.28. The van der Waals surface area contributed by atoms with Gasteiger partial charge in [-0.1, -0.05) is 31.2 Å². The van der Waals surface area contributed by atoms with E-state index in [4.69, 9.17) is 0 Å². The minimum Gasteiger partial charge on any atom is -0.291 e. The minimum atomic E-state index is -1.62. The Morgan fingerprint density at radius 1 is 1.43 bits per heavy atom. The predicted octanol–water partition coefficient (Wildman–Crippen LogP) is 2.93. The summed E-state index contributed by atoms with van der Waals surface area (Å²) in [5.74, 6) is -0.332. The number of hydrogen-bond acceptors (Lipinski definition) is 1. The maximum Gasteiger partial charge on any atom is 0.200 e. The molecule has 2 heteroatoms. The van der Waals surface area contributed by atoms with Crippen molar-refractivity contribution in [1.82, 2.24) is 0 Å². The Morgan fingerprint density at radius 2 is 2.14 bits per heavy atom. The third-order valence-electron chi connectivity index (χ3n) is 3.02. The van der Waals surface area contributed by atoms with Crippen LogP contribution in [0.25, 0.3) is 0 Å². The van der Waals surface area contributed by atoms with Gasteiger partial charge in [0.05, 0.1) is 0 Å². The van der Waals surface area contributed by atoms with Crippen molar-refractivity contribution in [1.29, 1.82) is 0 Å². The SMILES string of the molecule is CC[C@]1(F)CCc2ccccc2C1=O. The zero-order valence-corrected chi connectivity index (χ0v) is 8.22. The third kappa shape index (κ3) is 1.26. The van der Waals surface area contributed by atoms with E-state index in [0.29, 0.717) is 18.4 Å². The molecule has 0 unspecified atom stereocenters. The van der Waals surface area contributed by atoms with Crippen molar-refractivity contribution in [3.8, 4) is 0 Å². The highest BCUT2D eigenvalue weighted by Gasteiger charge is 2.40. The topological polar surface area (TPSA) is 17.1 Å². The average molecular weight is 192 g/mol. The van der Waals surface area contributed by atoms with Crippen LogP contribution in [0, 0.1) is 0 Å². The Morgan fingerprint density at radius 3 is 2.86 bits per heavy atom. The second-order valence-electron chi connectivity index (χ2n) is 3.81. The quantitative estimate of drug-likeness (QED) is 0.668. The van der Waals surface area contributed by atoms with E-state index in [1.54, 1.807) is 19.1 Å². The largest absolute Gasteiger partial charge is 0.291 e. The summed E-state index contributed by atoms with van der Waals surface area (Å²) < 4.78 is 14.0. The van der Waals surface area contributed by atoms with Crippen molar-refractivity contribution in [2.75, 3.05) is 0 Å². The van der Waals surface area contributed by atoms with Crippen LogP contribution in [0.15, 0.2) is 24.3 Å². The van der Waals surface area contributed by atoms with Crippen LogP contribution in [-0.2, 0) is 6.42 Å². The molecule has 1 aliphatic carbocycles. The Hall–Kier alpha value is -1.18. The Bertz CT molecular complexity index is 372. The van der Waals surface area contributed by atoms with Gasteiger partial charge in [-0.05, 0) is 24.8 Å². The summed E-state index contributed by atoms with van der Waals surface area (Å²) >= 11 is 0. The van der Waals surface area contributed by atoms with Gasteiger partial charge in [-0.3, -0.25) is 4.79 Å². The molecule has 0 spiro atoms. The van der Waals surface area contributed by atoms with Crippen LogP contribution in [-0.4, -0.2) is 11.5 Å². The fourth-order valence-corrected chi connectivity index (χ4v) is 1.98. The Labute approximate surface area is 82.9 Å². The van der Waals surface area contributed by atoms with Crippen LogP contribution >= 0.6 is 0 Å². The average Bonchev–Trinajstić information content (AvgIpc) is 2.24. The zero-order valence-electron chi connectivity index (χ0n) is 8.22. The first-order chi connectivity index (χ1) is 6.67. The Balaban J connectivity index is 2.46. The van der Waals surface area contributed by atoms with Gasteiger partial charge in [-0.2, -0.15) is 0 Å². The Kier molecular flexibility index (Phi) is 2.14. The van der Waals surface area contributed by atoms with Gasteiger partial charge in [0.2, 0.25) is 0 Å². The van der Waals surface area contributed by atoms with Gasteiger partial charge in [-0.25, -0.2) is 4.39 Å². The van der Waals surface area contributed by atoms with E-state index < -0.39 is 5.67 Å². The van der Waals surface area contributed by atoms with E-state index >= 15 is 0 Å². The molecule has 14 heavy (non-hydrogen) atoms. The second-order valence-corrected chi connectivity index (χ2v) is 3.81. The fourth-order valence-electron chi connectivity index (χ4n) is 1.98. The first-order valence-electron chi connectivity index (χ1n) is 4.99. The van der Waals surface area contributed by atoms with Crippen molar-refractivity contribution in [3.05, 3.63) is 35.4 Å². The molecule has 0 radical (unpaired) electrons. The standard InChI is InChI=1S/C12H13FO/c1-2-12(13)8-7-9-5-3-4-6-10(9)11(12)14/h3-6H,2,7-8H2,1H3/t12-/m0/s1. The maximum atomic E-state index is 14.0. The molecule has 1 atom stereocenters. The number of carbonyl (C=O) groups excluding carboxylic acids is 1. The number of halogens is 1. The number of rotatable bonds is 1. The molecule has 0 fully saturated rings. The molecule has 1 aliphatic rings. The molecule has 1 aromatic rings. The summed E-state index contributed by atoms with van der Waals surface area (Å²) in [5.41, 5.74) is -0.0590. The third-order valence-corrected chi connectivity index (χ3v) is 3.02. The van der Waals surface area contributed by atoms with Crippen LogP contribution < -0.4 is 0 Å². The predicted molar refractivity (Wildman–Crippen MR) is 53.2 cm³/mol. The highest BCUT2D eigenvalue weighted by Crippen LogP contribution is 2.33. The van der Waals surface area contributed by atoms with E-state index in [2.05, 4.69) is 0 Å². The van der Waals surface area contributed by atoms with Gasteiger partial charge in [-0.15, -0.1) is 0 Å². The van der Waals surface area contributed by atoms with E-state index in [-0.39, 0.29) is 12.2 Å². The number of aryl methyl sites for hydroxylation is 1. The van der Waals surface area contributed by atoms with E-state index in [0.717, 1.165) is 5.56 Å². The second kappa shape index (κ2) is 3.19. The molecule has 0 saturated carbocycles. The molecule has 0 N–H and O–H groups in total. The summed E-state index contributed by atoms with van der Waals surface area (Å²) in [6, 6.07) is 7.31. The normalized spacial score (nSPS) is 26.0. The summed E-state index contributed by atoms with van der Waals surface area (Å²) in [6.45, 7) is 1.73. The molecule has 0 amide bonds. The number of ketones is 1. The molecule has 0 bridgehead atoms. The number of alkyl halides is 1. The number of carbonyl (C=O) groups is 1. The van der Waals surface area contributed by atoms with Crippen LogP contribution in [0.3, 0.4) is 0 Å². The molecule has 1 aromatic carbocycles. The van der Waals surface area contributed by atoms with Gasteiger partial charge in [0.25, 0.3) is 0 Å². The van der Waals surface area contributed by atoms with Crippen molar-refractivity contribution >= 4 is 5.78 Å². The monoisotopic (exact) mass is 192 g/mol. The first-order valence-corrected chi connectivity index (χ1v) is 4.99. The molecule has 0 aromatic heterocycles. The van der Waals surface area contributed by atoms with E-state index in [9.17, 15) is 9.18 Å². The van der Waals surface area contributed by atoms with Gasteiger partial charge < -0.3 is 0 Å². The highest BCUT2D eigenvalue weighted by atomic mass is 19.1. The number of benzene rings is 1. The van der Waals surface area contributed by atoms with Crippen LogP contribution in [0.4, 0.5) is 4.39 Å². The van der Waals surface area contributed by atoms with E-state index in [1.807, 2.05) is 12.1 Å². The number of fused-ring (bicyclic) bond motifs is 1. The van der Waals surface area contributed by atoms with Gasteiger partial charge >= 0.3 is 0 Å². The lowest BCUT2D eigenvalue weighted by Crippen LogP contribution is -2.37. The fraction of sp³-hybridized carbons (Fsp3) is 0.417. The molecule has 74 valence electrons. The molecular weight excluding hydrogens is 179 g/mol. The van der Waals surface area contributed by atoms with Crippen LogP contribution in [0.5, 0.6) is 0 Å². The smallest absolute Gasteiger partial charge is 0.200 e. The van der Waals surface area contributed by atoms with Gasteiger partial charge in [0, 0.05) is 5.56 Å². The molecule has 0 heterocycles. The molecule has 2 rings (SSSR count). The van der Waals surface area contributed by atoms with Crippen molar-refractivity contribution in [3.63, 3.8) is 0 Å². The molecular formula is C12H13FO. The highest BCUT2D eigenvalue weighted by molar-refractivity contribution is 6.04. The minimum absolute atomic E-state index is 0.278. The number of Topliss-reactive ketones (excluding diaryl/α,β-unsaturated/α-hetero) is 1. The lowest BCUT2D eigenvalue weighted by molar-refractivity contribution is 0.0626. The maximum absolute atomic E-state index is 14.0. The van der Waals surface area contributed by atoms with Crippen molar-refractivity contribution in [2.45, 2.75) is 31.9 Å². The van der Waals surface area contributed by atoms with Gasteiger partial charge in [0.15, 0.2) is 11.5 Å². The lowest BCUT2D eigenvalue weighted by atomic mass is 9.79. The first kappa shape index (κ1) is 9.38. The van der Waals surface area contributed by atoms with Crippen LogP contribution in [0.1, 0.15) is 35.7 Å². The summed E-state index contributed by atoms with van der Waals surface area (Å²) in [7, 11) is 0.